The smallest absolute Gasteiger partial charge is 0.251 e. The minimum absolute atomic E-state index is 0.0292. The topological polar surface area (TPSA) is 68.8 Å². The molecule has 3 N–H and O–H groups in total. The van der Waals surface area contributed by atoms with Crippen LogP contribution in [0.3, 0.4) is 0 Å². The lowest BCUT2D eigenvalue weighted by molar-refractivity contribution is 0.0951. The van der Waals surface area contributed by atoms with E-state index in [1.165, 1.54) is 44.9 Å². The molecule has 0 radical (unpaired) electrons. The molecule has 29 heavy (non-hydrogen) atoms. The minimum atomic E-state index is -0.0292. The third kappa shape index (κ3) is 9.31. The summed E-state index contributed by atoms with van der Waals surface area (Å²) >= 11 is 0. The fourth-order valence-electron chi connectivity index (χ4n) is 3.79. The van der Waals surface area contributed by atoms with Gasteiger partial charge in [-0.1, -0.05) is 50.7 Å². The molecule has 0 aromatic heterocycles. The van der Waals surface area contributed by atoms with Crippen LogP contribution in [0.15, 0.2) is 29.3 Å². The maximum atomic E-state index is 12.3. The van der Waals surface area contributed by atoms with E-state index in [0.717, 1.165) is 30.5 Å². The quantitative estimate of drug-likeness (QED) is 0.303. The molecule has 0 spiro atoms. The Hall–Kier alpha value is -2.08. The number of rotatable bonds is 11. The largest absolute Gasteiger partial charge is 0.356 e. The first-order valence-electron chi connectivity index (χ1n) is 11.0. The third-order valence-corrected chi connectivity index (χ3v) is 5.52. The molecule has 1 fully saturated rings. The number of unbranched alkanes of at least 4 members (excludes halogenated alkanes) is 1. The van der Waals surface area contributed by atoms with E-state index in [1.807, 2.05) is 43.3 Å². The Morgan fingerprint density at radius 3 is 2.62 bits per heavy atom. The predicted octanol–water partition coefficient (Wildman–Crippen LogP) is 3.00. The van der Waals surface area contributed by atoms with Gasteiger partial charge in [0.2, 0.25) is 0 Å². The van der Waals surface area contributed by atoms with Crippen LogP contribution in [0.2, 0.25) is 0 Å². The number of guanidine groups is 1. The van der Waals surface area contributed by atoms with Crippen LogP contribution in [0.1, 0.15) is 60.9 Å². The summed E-state index contributed by atoms with van der Waals surface area (Å²) in [6.45, 7) is 3.06. The van der Waals surface area contributed by atoms with Crippen molar-refractivity contribution in [1.29, 1.82) is 0 Å². The van der Waals surface area contributed by atoms with Crippen LogP contribution in [0, 0.1) is 5.92 Å². The lowest BCUT2D eigenvalue weighted by Gasteiger charge is -2.13. The van der Waals surface area contributed by atoms with Gasteiger partial charge in [0, 0.05) is 38.8 Å². The summed E-state index contributed by atoms with van der Waals surface area (Å²) in [5.41, 5.74) is 1.76. The second-order valence-electron chi connectivity index (χ2n) is 8.26. The summed E-state index contributed by atoms with van der Waals surface area (Å²) < 4.78 is 0. The predicted molar refractivity (Wildman–Crippen MR) is 121 cm³/mol. The zero-order chi connectivity index (χ0) is 20.9. The first kappa shape index (κ1) is 23.2. The zero-order valence-electron chi connectivity index (χ0n) is 18.5. The number of nitrogens with one attached hydrogen (secondary N) is 3. The van der Waals surface area contributed by atoms with Crippen molar-refractivity contribution in [3.63, 3.8) is 0 Å². The molecule has 1 aliphatic carbocycles. The Balaban J connectivity index is 1.68. The van der Waals surface area contributed by atoms with E-state index < -0.39 is 0 Å². The molecular weight excluding hydrogens is 362 g/mol. The Morgan fingerprint density at radius 1 is 1.10 bits per heavy atom. The normalized spacial score (nSPS) is 15.0. The van der Waals surface area contributed by atoms with Gasteiger partial charge in [0.05, 0.1) is 0 Å². The van der Waals surface area contributed by atoms with Crippen molar-refractivity contribution in [2.75, 3.05) is 40.8 Å². The van der Waals surface area contributed by atoms with Crippen molar-refractivity contribution >= 4 is 11.9 Å². The van der Waals surface area contributed by atoms with Crippen molar-refractivity contribution in [2.45, 2.75) is 51.5 Å². The number of nitrogens with zero attached hydrogens (tertiary/aromatic N) is 2. The summed E-state index contributed by atoms with van der Waals surface area (Å²) in [5, 5.41) is 9.69. The number of carbonyl (C=O) groups excluding carboxylic acids is 1. The fraction of sp³-hybridized carbons (Fsp3) is 0.652. The minimum Gasteiger partial charge on any atom is -0.356 e. The van der Waals surface area contributed by atoms with Crippen LogP contribution in [0.25, 0.3) is 0 Å². The van der Waals surface area contributed by atoms with Crippen LogP contribution < -0.4 is 16.0 Å². The van der Waals surface area contributed by atoms with Gasteiger partial charge >= 0.3 is 0 Å². The van der Waals surface area contributed by atoms with Gasteiger partial charge in [0.25, 0.3) is 5.91 Å². The molecule has 0 aliphatic heterocycles. The molecule has 6 nitrogen and oxygen atoms in total. The van der Waals surface area contributed by atoms with Gasteiger partial charge in [-0.05, 0) is 44.1 Å². The number of carbonyl (C=O) groups is 1. The van der Waals surface area contributed by atoms with Crippen molar-refractivity contribution < 1.29 is 4.79 Å². The monoisotopic (exact) mass is 401 g/mol. The number of benzene rings is 1. The van der Waals surface area contributed by atoms with Gasteiger partial charge in [-0.3, -0.25) is 9.79 Å². The number of amides is 1. The van der Waals surface area contributed by atoms with Crippen LogP contribution in [-0.4, -0.2) is 57.5 Å². The highest BCUT2D eigenvalue weighted by Crippen LogP contribution is 2.28. The maximum Gasteiger partial charge on any atom is 0.251 e. The van der Waals surface area contributed by atoms with Gasteiger partial charge in [-0.2, -0.15) is 0 Å². The molecule has 2 rings (SSSR count). The van der Waals surface area contributed by atoms with Crippen molar-refractivity contribution in [2.24, 2.45) is 10.9 Å². The number of hydrogen-bond acceptors (Lipinski definition) is 3. The van der Waals surface area contributed by atoms with Crippen LogP contribution >= 0.6 is 0 Å². The molecule has 1 aromatic carbocycles. The first-order valence-corrected chi connectivity index (χ1v) is 11.0. The second-order valence-corrected chi connectivity index (χ2v) is 8.26. The SMILES string of the molecule is CN=C(NCCCCC1CCCC1)NCc1cccc(C(=O)NCCN(C)C)c1. The summed E-state index contributed by atoms with van der Waals surface area (Å²) in [4.78, 5) is 18.6. The first-order chi connectivity index (χ1) is 14.1. The highest BCUT2D eigenvalue weighted by Gasteiger charge is 2.13. The highest BCUT2D eigenvalue weighted by atomic mass is 16.1. The molecule has 1 aliphatic rings. The average molecular weight is 402 g/mol. The summed E-state index contributed by atoms with van der Waals surface area (Å²) in [5.74, 6) is 1.75. The van der Waals surface area contributed by atoms with E-state index >= 15 is 0 Å². The molecule has 0 unspecified atom stereocenters. The molecule has 1 amide bonds. The van der Waals surface area contributed by atoms with Crippen LogP contribution in [0.4, 0.5) is 0 Å². The van der Waals surface area contributed by atoms with E-state index in [4.69, 9.17) is 0 Å². The summed E-state index contributed by atoms with van der Waals surface area (Å²) in [6, 6.07) is 7.74. The van der Waals surface area contributed by atoms with Gasteiger partial charge in [-0.15, -0.1) is 0 Å². The number of likely N-dealkylation sites (N-methyl/N-ethyl adjacent to an activating group) is 1. The van der Waals surface area contributed by atoms with E-state index in [0.29, 0.717) is 18.7 Å². The van der Waals surface area contributed by atoms with Gasteiger partial charge in [-0.25, -0.2) is 0 Å². The molecule has 0 saturated heterocycles. The molecule has 0 atom stereocenters. The zero-order valence-corrected chi connectivity index (χ0v) is 18.5. The fourth-order valence-corrected chi connectivity index (χ4v) is 3.79. The van der Waals surface area contributed by atoms with Crippen LogP contribution in [-0.2, 0) is 6.54 Å². The molecule has 1 aromatic rings. The Labute approximate surface area is 176 Å². The van der Waals surface area contributed by atoms with E-state index in [2.05, 4.69) is 20.9 Å². The molecular formula is C23H39N5O. The number of hydrogen-bond donors (Lipinski definition) is 3. The average Bonchev–Trinajstić information content (AvgIpc) is 3.23. The molecule has 1 saturated carbocycles. The Kier molecular flexibility index (Phi) is 10.6. The maximum absolute atomic E-state index is 12.3. The van der Waals surface area contributed by atoms with E-state index in [9.17, 15) is 4.79 Å². The van der Waals surface area contributed by atoms with Gasteiger partial charge < -0.3 is 20.9 Å². The Bertz CT molecular complexity index is 638. The number of aliphatic imine (C=N–C) groups is 1. The van der Waals surface area contributed by atoms with Crippen molar-refractivity contribution in [3.05, 3.63) is 35.4 Å². The lowest BCUT2D eigenvalue weighted by atomic mass is 10.0. The highest BCUT2D eigenvalue weighted by molar-refractivity contribution is 5.94. The van der Waals surface area contributed by atoms with Gasteiger partial charge in [0.15, 0.2) is 5.96 Å². The van der Waals surface area contributed by atoms with Crippen LogP contribution in [0.5, 0.6) is 0 Å². The lowest BCUT2D eigenvalue weighted by Crippen LogP contribution is -2.37. The van der Waals surface area contributed by atoms with Crippen molar-refractivity contribution in [3.8, 4) is 0 Å². The molecule has 0 bridgehead atoms. The van der Waals surface area contributed by atoms with Crippen molar-refractivity contribution in [1.82, 2.24) is 20.9 Å². The Morgan fingerprint density at radius 2 is 1.90 bits per heavy atom. The molecule has 162 valence electrons. The molecule has 0 heterocycles. The summed E-state index contributed by atoms with van der Waals surface area (Å²) in [6.07, 6.45) is 9.57. The van der Waals surface area contributed by atoms with E-state index in [1.54, 1.807) is 7.05 Å². The molecule has 6 heteroatoms. The van der Waals surface area contributed by atoms with E-state index in [-0.39, 0.29) is 5.91 Å². The van der Waals surface area contributed by atoms with Gasteiger partial charge in [0.1, 0.15) is 0 Å². The second kappa shape index (κ2) is 13.2. The standard InChI is InChI=1S/C23H39N5O/c1-24-23(26-14-7-6-11-19-9-4-5-10-19)27-18-20-12-8-13-21(17-20)22(29)25-15-16-28(2)3/h8,12-13,17,19H,4-7,9-11,14-16,18H2,1-3H3,(H,25,29)(H2,24,26,27). The third-order valence-electron chi connectivity index (χ3n) is 5.52. The summed E-state index contributed by atoms with van der Waals surface area (Å²) in [7, 11) is 5.78.